The van der Waals surface area contributed by atoms with Crippen molar-refractivity contribution in [3.63, 3.8) is 0 Å². The second kappa shape index (κ2) is 5.77. The first-order chi connectivity index (χ1) is 10.9. The number of hydrogen-bond donors (Lipinski definition) is 0. The van der Waals surface area contributed by atoms with Crippen molar-refractivity contribution in [2.45, 2.75) is 0 Å². The molecule has 1 aromatic heterocycles. The van der Waals surface area contributed by atoms with Crippen LogP contribution in [-0.4, -0.2) is 51.1 Å². The van der Waals surface area contributed by atoms with Crippen LogP contribution in [0.1, 0.15) is 10.6 Å². The van der Waals surface area contributed by atoms with Crippen LogP contribution in [0.2, 0.25) is 5.02 Å². The molecule has 6 nitrogen and oxygen atoms in total. The van der Waals surface area contributed by atoms with Gasteiger partial charge in [-0.2, -0.15) is 0 Å². The summed E-state index contributed by atoms with van der Waals surface area (Å²) in [7, 11) is 4.72. The van der Waals surface area contributed by atoms with Crippen LogP contribution in [-0.2, 0) is 9.53 Å². The van der Waals surface area contributed by atoms with E-state index in [-0.39, 0.29) is 23.6 Å². The Hall–Kier alpha value is -2.21. The molecule has 0 saturated carbocycles. The molecule has 0 atom stereocenters. The van der Waals surface area contributed by atoms with Crippen molar-refractivity contribution in [3.8, 4) is 0 Å². The van der Waals surface area contributed by atoms with Crippen LogP contribution in [0.3, 0.4) is 0 Å². The summed E-state index contributed by atoms with van der Waals surface area (Å²) in [6.45, 7) is 1.08. The highest BCUT2D eigenvalue weighted by molar-refractivity contribution is 6.32. The Balaban J connectivity index is 1.95. The maximum absolute atomic E-state index is 12.1. The minimum absolute atomic E-state index is 0.146. The second-order valence-electron chi connectivity index (χ2n) is 5.78. The molecule has 2 heterocycles. The van der Waals surface area contributed by atoms with Gasteiger partial charge in [0.1, 0.15) is 0 Å². The molecule has 23 heavy (non-hydrogen) atoms. The largest absolute Gasteiger partial charge is 0.469 e. The summed E-state index contributed by atoms with van der Waals surface area (Å²) in [4.78, 5) is 27.0. The Morgan fingerprint density at radius 1 is 1.30 bits per heavy atom. The van der Waals surface area contributed by atoms with Crippen molar-refractivity contribution in [1.82, 2.24) is 4.90 Å². The lowest BCUT2D eigenvalue weighted by Crippen LogP contribution is -2.50. The number of esters is 1. The summed E-state index contributed by atoms with van der Waals surface area (Å²) in [5.41, 5.74) is 1.38. The number of carbonyl (C=O) groups is 2. The number of methoxy groups -OCH3 is 1. The highest BCUT2D eigenvalue weighted by Crippen LogP contribution is 2.36. The van der Waals surface area contributed by atoms with E-state index in [1.165, 1.54) is 12.0 Å². The molecule has 0 aliphatic carbocycles. The Morgan fingerprint density at radius 3 is 2.61 bits per heavy atom. The fourth-order valence-corrected chi connectivity index (χ4v) is 2.87. The zero-order valence-electron chi connectivity index (χ0n) is 13.1. The fraction of sp³-hybridized carbons (Fsp3) is 0.375. The zero-order chi connectivity index (χ0) is 16.7. The minimum atomic E-state index is -0.220. The summed E-state index contributed by atoms with van der Waals surface area (Å²) < 4.78 is 10.5. The summed E-state index contributed by atoms with van der Waals surface area (Å²) in [5, 5.41) is 1.32. The topological polar surface area (TPSA) is 63.0 Å². The molecule has 1 aliphatic heterocycles. The van der Waals surface area contributed by atoms with Gasteiger partial charge >= 0.3 is 5.97 Å². The third-order valence-electron chi connectivity index (χ3n) is 3.94. The number of benzene rings is 1. The van der Waals surface area contributed by atoms with Gasteiger partial charge in [0.15, 0.2) is 11.3 Å². The molecule has 1 saturated heterocycles. The van der Waals surface area contributed by atoms with Crippen LogP contribution in [0.25, 0.3) is 11.0 Å². The van der Waals surface area contributed by atoms with Gasteiger partial charge in [-0.3, -0.25) is 9.59 Å². The van der Waals surface area contributed by atoms with Crippen LogP contribution in [0, 0.1) is 5.92 Å². The van der Waals surface area contributed by atoms with Crippen molar-refractivity contribution >= 4 is 40.1 Å². The lowest BCUT2D eigenvalue weighted by Gasteiger charge is -2.39. The molecular weight excluding hydrogens is 320 g/mol. The summed E-state index contributed by atoms with van der Waals surface area (Å²) in [6.07, 6.45) is 0. The highest BCUT2D eigenvalue weighted by atomic mass is 35.5. The van der Waals surface area contributed by atoms with E-state index in [1.807, 2.05) is 4.90 Å². The Kier molecular flexibility index (Phi) is 3.93. The van der Waals surface area contributed by atoms with E-state index in [0.717, 1.165) is 11.1 Å². The molecule has 0 unspecified atom stereocenters. The van der Waals surface area contributed by atoms with Gasteiger partial charge in [-0.25, -0.2) is 0 Å². The smallest absolute Gasteiger partial charge is 0.312 e. The maximum atomic E-state index is 12.1. The Bertz CT molecular complexity index is 778. The number of amides is 1. The van der Waals surface area contributed by atoms with Crippen LogP contribution < -0.4 is 4.90 Å². The molecular formula is C16H17ClN2O4. The highest BCUT2D eigenvalue weighted by Gasteiger charge is 2.35. The number of nitrogens with zero attached hydrogens (tertiary/aromatic N) is 2. The molecule has 1 amide bonds. The molecule has 122 valence electrons. The first-order valence-corrected chi connectivity index (χ1v) is 7.56. The van der Waals surface area contributed by atoms with Gasteiger partial charge in [0, 0.05) is 37.6 Å². The number of halogens is 1. The summed E-state index contributed by atoms with van der Waals surface area (Å²) in [6, 6.07) is 5.23. The molecule has 0 N–H and O–H groups in total. The number of furan rings is 1. The van der Waals surface area contributed by atoms with Gasteiger partial charge in [0.25, 0.3) is 5.91 Å². The van der Waals surface area contributed by atoms with Crippen LogP contribution >= 0.6 is 11.6 Å². The van der Waals surface area contributed by atoms with Gasteiger partial charge in [0.2, 0.25) is 0 Å². The fourth-order valence-electron chi connectivity index (χ4n) is 2.65. The van der Waals surface area contributed by atoms with E-state index in [0.29, 0.717) is 23.7 Å². The van der Waals surface area contributed by atoms with Crippen molar-refractivity contribution in [3.05, 3.63) is 29.0 Å². The molecule has 1 fully saturated rings. The Labute approximate surface area is 138 Å². The van der Waals surface area contributed by atoms with Crippen molar-refractivity contribution in [1.29, 1.82) is 0 Å². The van der Waals surface area contributed by atoms with Gasteiger partial charge in [-0.05, 0) is 18.2 Å². The zero-order valence-corrected chi connectivity index (χ0v) is 13.9. The third-order valence-corrected chi connectivity index (χ3v) is 4.15. The average molecular weight is 337 g/mol. The number of ether oxygens (including phenoxy) is 1. The average Bonchev–Trinajstić information content (AvgIpc) is 2.87. The lowest BCUT2D eigenvalue weighted by atomic mass is 9.99. The van der Waals surface area contributed by atoms with E-state index in [9.17, 15) is 9.59 Å². The van der Waals surface area contributed by atoms with Crippen molar-refractivity contribution in [2.75, 3.05) is 39.2 Å². The number of anilines is 1. The Morgan fingerprint density at radius 2 is 2.00 bits per heavy atom. The number of carbonyl (C=O) groups excluding carboxylic acids is 2. The normalized spacial score (nSPS) is 14.7. The standard InChI is InChI=1S/C16H17ClN2O4/c1-18(2)15(20)13-5-9-4-11(17)6-12(14(9)23-13)19-7-10(8-19)16(21)22-3/h4-6,10H,7-8H2,1-3H3. The lowest BCUT2D eigenvalue weighted by molar-refractivity contribution is -0.146. The SMILES string of the molecule is COC(=O)C1CN(c2cc(Cl)cc3cc(C(=O)N(C)C)oc23)C1. The van der Waals surface area contributed by atoms with Gasteiger partial charge in [-0.15, -0.1) is 0 Å². The molecule has 0 bridgehead atoms. The molecule has 1 aromatic carbocycles. The van der Waals surface area contributed by atoms with Gasteiger partial charge in [-0.1, -0.05) is 11.6 Å². The van der Waals surface area contributed by atoms with Crippen molar-refractivity contribution in [2.24, 2.45) is 5.92 Å². The first-order valence-electron chi connectivity index (χ1n) is 7.18. The first kappa shape index (κ1) is 15.7. The summed E-state index contributed by atoms with van der Waals surface area (Å²) >= 11 is 6.17. The second-order valence-corrected chi connectivity index (χ2v) is 6.21. The molecule has 7 heteroatoms. The minimum Gasteiger partial charge on any atom is -0.469 e. The van der Waals surface area contributed by atoms with Crippen LogP contribution in [0.15, 0.2) is 22.6 Å². The summed E-state index contributed by atoms with van der Waals surface area (Å²) in [5.74, 6) is -0.313. The molecule has 3 rings (SSSR count). The van der Waals surface area contributed by atoms with Gasteiger partial charge < -0.3 is 19.0 Å². The predicted octanol–water partition coefficient (Wildman–Crippen LogP) is 2.40. The predicted molar refractivity (Wildman–Crippen MR) is 87.0 cm³/mol. The number of hydrogen-bond acceptors (Lipinski definition) is 5. The van der Waals surface area contributed by atoms with E-state index >= 15 is 0 Å². The molecule has 1 aliphatic rings. The third kappa shape index (κ3) is 2.74. The van der Waals surface area contributed by atoms with E-state index in [1.54, 1.807) is 32.3 Å². The van der Waals surface area contributed by atoms with Crippen molar-refractivity contribution < 1.29 is 18.7 Å². The monoisotopic (exact) mass is 336 g/mol. The van der Waals surface area contributed by atoms with Gasteiger partial charge in [0.05, 0.1) is 18.7 Å². The molecule has 0 spiro atoms. The van der Waals surface area contributed by atoms with E-state index in [2.05, 4.69) is 0 Å². The van der Waals surface area contributed by atoms with Crippen LogP contribution in [0.5, 0.6) is 0 Å². The molecule has 0 radical (unpaired) electrons. The van der Waals surface area contributed by atoms with Crippen LogP contribution in [0.4, 0.5) is 5.69 Å². The molecule has 2 aromatic rings. The maximum Gasteiger partial charge on any atom is 0.312 e. The quantitative estimate of drug-likeness (QED) is 0.805. The number of rotatable bonds is 3. The van der Waals surface area contributed by atoms with E-state index < -0.39 is 0 Å². The van der Waals surface area contributed by atoms with E-state index in [4.69, 9.17) is 20.8 Å². The number of fused-ring (bicyclic) bond motifs is 1.